The maximum absolute atomic E-state index is 12.5. The van der Waals surface area contributed by atoms with Gasteiger partial charge in [0.15, 0.2) is 0 Å². The average Bonchev–Trinajstić information content (AvgIpc) is 3.01. The van der Waals surface area contributed by atoms with E-state index in [2.05, 4.69) is 28.3 Å². The van der Waals surface area contributed by atoms with Crippen molar-refractivity contribution in [1.29, 1.82) is 0 Å². The Bertz CT molecular complexity index is 630. The monoisotopic (exact) mass is 358 g/mol. The highest BCUT2D eigenvalue weighted by molar-refractivity contribution is 5.76. The third-order valence-electron chi connectivity index (χ3n) is 6.69. The topological polar surface area (TPSA) is 50.2 Å². The van der Waals surface area contributed by atoms with Crippen LogP contribution >= 0.6 is 0 Å². The van der Waals surface area contributed by atoms with Crippen LogP contribution in [-0.4, -0.2) is 45.8 Å². The zero-order valence-electron chi connectivity index (χ0n) is 16.4. The summed E-state index contributed by atoms with van der Waals surface area (Å²) in [4.78, 5) is 15.2. The Morgan fingerprint density at radius 1 is 1.19 bits per heavy atom. The number of amides is 1. The van der Waals surface area contributed by atoms with Gasteiger partial charge in [0.25, 0.3) is 0 Å². The van der Waals surface area contributed by atoms with Crippen molar-refractivity contribution < 1.29 is 4.79 Å². The second kappa shape index (κ2) is 7.71. The minimum Gasteiger partial charge on any atom is -0.352 e. The Kier molecular flexibility index (Phi) is 5.35. The van der Waals surface area contributed by atoms with E-state index in [1.54, 1.807) is 0 Å². The van der Waals surface area contributed by atoms with Crippen LogP contribution in [0, 0.1) is 25.7 Å². The summed E-state index contributed by atoms with van der Waals surface area (Å²) < 4.78 is 2.02. The van der Waals surface area contributed by atoms with Gasteiger partial charge < -0.3 is 5.32 Å². The molecule has 0 unspecified atom stereocenters. The zero-order valence-corrected chi connectivity index (χ0v) is 16.4. The smallest absolute Gasteiger partial charge is 0.220 e. The predicted octanol–water partition coefficient (Wildman–Crippen LogP) is 3.05. The van der Waals surface area contributed by atoms with Crippen molar-refractivity contribution in [2.75, 3.05) is 13.1 Å². The fourth-order valence-corrected chi connectivity index (χ4v) is 5.15. The van der Waals surface area contributed by atoms with Gasteiger partial charge in [0.05, 0.1) is 5.69 Å². The van der Waals surface area contributed by atoms with Crippen LogP contribution in [0.2, 0.25) is 0 Å². The molecule has 0 bridgehead atoms. The highest BCUT2D eigenvalue weighted by Crippen LogP contribution is 2.42. The number of nitrogens with zero attached hydrogens (tertiary/aromatic N) is 3. The Balaban J connectivity index is 1.26. The van der Waals surface area contributed by atoms with Crippen molar-refractivity contribution in [3.8, 4) is 0 Å². The molecule has 144 valence electrons. The lowest BCUT2D eigenvalue weighted by Crippen LogP contribution is -2.41. The van der Waals surface area contributed by atoms with Crippen molar-refractivity contribution in [1.82, 2.24) is 20.0 Å². The van der Waals surface area contributed by atoms with Gasteiger partial charge in [-0.25, -0.2) is 0 Å². The molecule has 1 amide bonds. The molecule has 4 rings (SSSR count). The molecule has 2 heterocycles. The van der Waals surface area contributed by atoms with Crippen LogP contribution in [0.25, 0.3) is 0 Å². The van der Waals surface area contributed by atoms with E-state index in [1.165, 1.54) is 50.8 Å². The molecule has 0 spiro atoms. The molecule has 1 aromatic heterocycles. The lowest BCUT2D eigenvalue weighted by molar-refractivity contribution is -0.122. The molecule has 5 heteroatoms. The molecule has 1 N–H and O–H groups in total. The van der Waals surface area contributed by atoms with Crippen LogP contribution in [0.3, 0.4) is 0 Å². The van der Waals surface area contributed by atoms with E-state index in [-0.39, 0.29) is 5.91 Å². The van der Waals surface area contributed by atoms with Crippen molar-refractivity contribution in [3.63, 3.8) is 0 Å². The fourth-order valence-electron chi connectivity index (χ4n) is 5.15. The number of likely N-dealkylation sites (tertiary alicyclic amines) is 1. The second-order valence-electron chi connectivity index (χ2n) is 8.82. The number of hydrogen-bond donors (Lipinski definition) is 1. The van der Waals surface area contributed by atoms with Crippen molar-refractivity contribution in [2.24, 2.45) is 11.8 Å². The molecule has 2 aliphatic carbocycles. The maximum atomic E-state index is 12.5. The molecule has 5 nitrogen and oxygen atoms in total. The molecule has 3 fully saturated rings. The second-order valence-corrected chi connectivity index (χ2v) is 8.82. The van der Waals surface area contributed by atoms with Crippen LogP contribution < -0.4 is 5.32 Å². The maximum Gasteiger partial charge on any atom is 0.220 e. The quantitative estimate of drug-likeness (QED) is 0.815. The van der Waals surface area contributed by atoms with Gasteiger partial charge in [0, 0.05) is 43.8 Å². The number of aryl methyl sites for hydroxylation is 3. The fraction of sp³-hybridized carbons (Fsp3) is 0.810. The first-order valence-corrected chi connectivity index (χ1v) is 10.6. The van der Waals surface area contributed by atoms with Crippen LogP contribution in [-0.2, 0) is 11.3 Å². The summed E-state index contributed by atoms with van der Waals surface area (Å²) in [5.74, 6) is 1.78. The molecule has 26 heavy (non-hydrogen) atoms. The van der Waals surface area contributed by atoms with Crippen LogP contribution in [0.15, 0.2) is 6.07 Å². The van der Waals surface area contributed by atoms with E-state index in [0.717, 1.165) is 37.2 Å². The normalized spacial score (nSPS) is 27.3. The van der Waals surface area contributed by atoms with Crippen LogP contribution in [0.1, 0.15) is 62.8 Å². The van der Waals surface area contributed by atoms with Crippen molar-refractivity contribution in [2.45, 2.75) is 83.8 Å². The summed E-state index contributed by atoms with van der Waals surface area (Å²) in [5, 5.41) is 7.89. The van der Waals surface area contributed by atoms with E-state index < -0.39 is 0 Å². The number of carbonyl (C=O) groups is 1. The number of nitrogens with one attached hydrogen (secondary N) is 1. The summed E-state index contributed by atoms with van der Waals surface area (Å²) in [6, 6.07) is 3.25. The zero-order chi connectivity index (χ0) is 18.1. The van der Waals surface area contributed by atoms with Crippen LogP contribution in [0.5, 0.6) is 0 Å². The van der Waals surface area contributed by atoms with Gasteiger partial charge in [-0.1, -0.05) is 12.8 Å². The van der Waals surface area contributed by atoms with Gasteiger partial charge in [0.1, 0.15) is 0 Å². The molecule has 1 aliphatic heterocycles. The first-order valence-electron chi connectivity index (χ1n) is 10.6. The van der Waals surface area contributed by atoms with E-state index in [1.807, 2.05) is 11.6 Å². The van der Waals surface area contributed by atoms with Crippen molar-refractivity contribution in [3.05, 3.63) is 17.5 Å². The largest absolute Gasteiger partial charge is 0.352 e. The number of aromatic nitrogens is 2. The van der Waals surface area contributed by atoms with E-state index in [4.69, 9.17) is 0 Å². The Morgan fingerprint density at radius 3 is 2.62 bits per heavy atom. The number of carbonyl (C=O) groups excluding carboxylic acids is 1. The number of rotatable bonds is 7. The third kappa shape index (κ3) is 4.13. The van der Waals surface area contributed by atoms with Gasteiger partial charge in [-0.05, 0) is 63.9 Å². The molecule has 3 aliphatic rings. The van der Waals surface area contributed by atoms with Crippen molar-refractivity contribution >= 4 is 5.91 Å². The lowest BCUT2D eigenvalue weighted by Gasteiger charge is -2.23. The molecule has 1 aromatic rings. The summed E-state index contributed by atoms with van der Waals surface area (Å²) in [7, 11) is 0. The van der Waals surface area contributed by atoms with Gasteiger partial charge in [0.2, 0.25) is 5.91 Å². The first kappa shape index (κ1) is 18.0. The van der Waals surface area contributed by atoms with Crippen LogP contribution in [0.4, 0.5) is 0 Å². The molecule has 2 saturated carbocycles. The van der Waals surface area contributed by atoms with E-state index >= 15 is 0 Å². The summed E-state index contributed by atoms with van der Waals surface area (Å²) in [6.45, 7) is 7.22. The van der Waals surface area contributed by atoms with Gasteiger partial charge in [-0.15, -0.1) is 0 Å². The first-order chi connectivity index (χ1) is 12.6. The molecular formula is C21H34N4O. The summed E-state index contributed by atoms with van der Waals surface area (Å²) in [5.41, 5.74) is 2.23. The highest BCUT2D eigenvalue weighted by atomic mass is 16.1. The van der Waals surface area contributed by atoms with Gasteiger partial charge >= 0.3 is 0 Å². The summed E-state index contributed by atoms with van der Waals surface area (Å²) >= 11 is 0. The summed E-state index contributed by atoms with van der Waals surface area (Å²) in [6.07, 6.45) is 9.70. The molecule has 0 aromatic carbocycles. The SMILES string of the molecule is Cc1cc(C)n(CCCC(=O)N[C@@H]2CN(C3CCCC3)C[C@H]2C2CC2)n1. The average molecular weight is 359 g/mol. The van der Waals surface area contributed by atoms with E-state index in [9.17, 15) is 4.79 Å². The third-order valence-corrected chi connectivity index (χ3v) is 6.69. The highest BCUT2D eigenvalue weighted by Gasteiger charge is 2.44. The number of hydrogen-bond acceptors (Lipinski definition) is 3. The van der Waals surface area contributed by atoms with E-state index in [0.29, 0.717) is 18.4 Å². The molecule has 1 saturated heterocycles. The lowest BCUT2D eigenvalue weighted by atomic mass is 9.98. The molecule has 0 radical (unpaired) electrons. The molecular weight excluding hydrogens is 324 g/mol. The standard InChI is InChI=1S/C21H34N4O/c1-15-12-16(2)25(23-15)11-5-8-21(26)22-20-14-24(18-6-3-4-7-18)13-19(20)17-9-10-17/h12,17-20H,3-11,13-14H2,1-2H3,(H,22,26)/t19-,20+/m0/s1. The Morgan fingerprint density at radius 2 is 1.96 bits per heavy atom. The Hall–Kier alpha value is -1.36. The van der Waals surface area contributed by atoms with Gasteiger partial charge in [-0.3, -0.25) is 14.4 Å². The minimum atomic E-state index is 0.232. The molecule has 2 atom stereocenters. The minimum absolute atomic E-state index is 0.232. The van der Waals surface area contributed by atoms with Gasteiger partial charge in [-0.2, -0.15) is 5.10 Å². The Labute approximate surface area is 157 Å². The predicted molar refractivity (Wildman–Crippen MR) is 103 cm³/mol.